The first-order valence-electron chi connectivity index (χ1n) is 19.5. The maximum Gasteiger partial charge on any atom is 0.254 e. The molecule has 1 saturated carbocycles. The van der Waals surface area contributed by atoms with Crippen molar-refractivity contribution in [3.63, 3.8) is 0 Å². The predicted octanol–water partition coefficient (Wildman–Crippen LogP) is 5.21. The number of likely N-dealkylation sites (tertiary alicyclic amines) is 2. The quantitative estimate of drug-likeness (QED) is 0.138. The van der Waals surface area contributed by atoms with E-state index in [1.165, 1.54) is 7.11 Å². The van der Waals surface area contributed by atoms with Crippen molar-refractivity contribution in [3.8, 4) is 5.75 Å². The molecule has 1 aliphatic carbocycles. The molecule has 0 spiro atoms. The van der Waals surface area contributed by atoms with E-state index < -0.39 is 12.0 Å². The smallest absolute Gasteiger partial charge is 0.254 e. The molecule has 3 aliphatic rings. The lowest BCUT2D eigenvalue weighted by Crippen LogP contribution is -2.56. The van der Waals surface area contributed by atoms with Crippen LogP contribution in [0.15, 0.2) is 72.9 Å². The number of hydrogen-bond donors (Lipinski definition) is 4. The van der Waals surface area contributed by atoms with Crippen molar-refractivity contribution in [3.05, 3.63) is 94.6 Å². The summed E-state index contributed by atoms with van der Waals surface area (Å²) in [6.45, 7) is 1.21. The third kappa shape index (κ3) is 9.02. The van der Waals surface area contributed by atoms with Gasteiger partial charge in [0.25, 0.3) is 5.91 Å². The van der Waals surface area contributed by atoms with Gasteiger partial charge < -0.3 is 35.5 Å². The molecule has 12 nitrogen and oxygen atoms in total. The maximum atomic E-state index is 14.3. The summed E-state index contributed by atoms with van der Waals surface area (Å²) in [5.41, 5.74) is 3.71. The first-order valence-corrected chi connectivity index (χ1v) is 19.8. The number of carbonyl (C=O) groups excluding carboxylic acids is 5. The molecule has 56 heavy (non-hydrogen) atoms. The number of amides is 5. The van der Waals surface area contributed by atoms with Crippen LogP contribution in [0.1, 0.15) is 53.6 Å². The Morgan fingerprint density at radius 2 is 1.73 bits per heavy atom. The zero-order valence-corrected chi connectivity index (χ0v) is 32.6. The summed E-state index contributed by atoms with van der Waals surface area (Å²) in [5, 5.41) is 10.1. The Kier molecular flexibility index (Phi) is 11.9. The Morgan fingerprint density at radius 1 is 0.946 bits per heavy atom. The molecule has 4 N–H and O–H groups in total. The first kappa shape index (κ1) is 38.9. The van der Waals surface area contributed by atoms with Gasteiger partial charge in [-0.1, -0.05) is 48.0 Å². The summed E-state index contributed by atoms with van der Waals surface area (Å²) in [7, 11) is 3.05. The number of benzene rings is 3. The highest BCUT2D eigenvalue weighted by atomic mass is 35.5. The van der Waals surface area contributed by atoms with Crippen LogP contribution < -0.4 is 20.7 Å². The van der Waals surface area contributed by atoms with Gasteiger partial charge in [-0.3, -0.25) is 24.0 Å². The topological polar surface area (TPSA) is 153 Å². The zero-order chi connectivity index (χ0) is 39.3. The molecule has 2 saturated heterocycles. The van der Waals surface area contributed by atoms with E-state index in [0.717, 1.165) is 41.3 Å². The monoisotopic (exact) mass is 780 g/mol. The van der Waals surface area contributed by atoms with Crippen LogP contribution in [0.3, 0.4) is 0 Å². The van der Waals surface area contributed by atoms with Gasteiger partial charge in [0.05, 0.1) is 25.1 Å². The zero-order valence-electron chi connectivity index (χ0n) is 31.8. The second kappa shape index (κ2) is 17.2. The van der Waals surface area contributed by atoms with E-state index in [9.17, 15) is 24.0 Å². The van der Waals surface area contributed by atoms with Crippen LogP contribution in [0.2, 0.25) is 5.02 Å². The number of halogens is 1. The number of methoxy groups -OCH3 is 1. The molecule has 4 atom stereocenters. The third-order valence-electron chi connectivity index (χ3n) is 11.5. The van der Waals surface area contributed by atoms with Crippen LogP contribution in [-0.2, 0) is 32.0 Å². The average Bonchev–Trinajstić information content (AvgIpc) is 3.77. The number of piperidine rings is 1. The van der Waals surface area contributed by atoms with Crippen molar-refractivity contribution in [1.29, 1.82) is 0 Å². The lowest BCUT2D eigenvalue weighted by molar-refractivity contribution is -0.140. The molecule has 3 fully saturated rings. The molecule has 3 unspecified atom stereocenters. The van der Waals surface area contributed by atoms with E-state index in [4.69, 9.17) is 16.3 Å². The number of nitrogens with one attached hydrogen (secondary N) is 4. The van der Waals surface area contributed by atoms with E-state index >= 15 is 0 Å². The molecule has 1 aromatic heterocycles. The van der Waals surface area contributed by atoms with Gasteiger partial charge >= 0.3 is 0 Å². The lowest BCUT2D eigenvalue weighted by atomic mass is 9.79. The first-order chi connectivity index (χ1) is 27.1. The van der Waals surface area contributed by atoms with Gasteiger partial charge in [-0.2, -0.15) is 0 Å². The van der Waals surface area contributed by atoms with Crippen molar-refractivity contribution in [2.45, 2.75) is 51.0 Å². The second-order valence-electron chi connectivity index (χ2n) is 15.4. The summed E-state index contributed by atoms with van der Waals surface area (Å²) in [6.07, 6.45) is 6.42. The fraction of sp³-hybridized carbons (Fsp3) is 0.419. The molecule has 4 aromatic rings. The highest BCUT2D eigenvalue weighted by Crippen LogP contribution is 2.38. The van der Waals surface area contributed by atoms with Crippen LogP contribution in [0.25, 0.3) is 10.9 Å². The molecule has 2 aliphatic heterocycles. The number of aryl methyl sites for hydroxylation is 1. The predicted molar refractivity (Wildman–Crippen MR) is 214 cm³/mol. The van der Waals surface area contributed by atoms with Gasteiger partial charge in [-0.05, 0) is 91.3 Å². The van der Waals surface area contributed by atoms with E-state index in [0.29, 0.717) is 66.8 Å². The van der Waals surface area contributed by atoms with Crippen molar-refractivity contribution in [2.24, 2.45) is 23.7 Å². The minimum atomic E-state index is -0.756. The van der Waals surface area contributed by atoms with Gasteiger partial charge in [0.2, 0.25) is 23.6 Å². The molecular formula is C43H49ClN6O6. The van der Waals surface area contributed by atoms with Gasteiger partial charge in [0, 0.05) is 67.3 Å². The van der Waals surface area contributed by atoms with Gasteiger partial charge in [0.15, 0.2) is 0 Å². The fourth-order valence-corrected chi connectivity index (χ4v) is 8.45. The number of anilines is 1. The summed E-state index contributed by atoms with van der Waals surface area (Å²) < 4.78 is 5.57. The molecule has 0 radical (unpaired) electrons. The number of aromatic nitrogens is 1. The SMILES string of the molecule is CNC(=O)[C@H](CCCc1ccccc1)NC(=O)C1CN(C(=O)Cc2c[nH]c3cc(Cl)ccc23)CC2CN(C(=O)c3ccc(NC(=O)CC4CC4)c(OC)c3)CC21. The Bertz CT molecular complexity index is 2100. The highest BCUT2D eigenvalue weighted by molar-refractivity contribution is 6.31. The van der Waals surface area contributed by atoms with Gasteiger partial charge in [-0.15, -0.1) is 0 Å². The van der Waals surface area contributed by atoms with Crippen LogP contribution >= 0.6 is 11.6 Å². The third-order valence-corrected chi connectivity index (χ3v) is 11.7. The number of H-pyrrole nitrogens is 1. The number of hydrogen-bond acceptors (Lipinski definition) is 6. The molecule has 3 aromatic carbocycles. The summed E-state index contributed by atoms with van der Waals surface area (Å²) in [4.78, 5) is 74.7. The normalized spacial score (nSPS) is 19.6. The largest absolute Gasteiger partial charge is 0.495 e. The molecule has 0 bridgehead atoms. The van der Waals surface area contributed by atoms with Crippen LogP contribution in [-0.4, -0.2) is 90.7 Å². The molecule has 13 heteroatoms. The number of likely N-dealkylation sites (N-methyl/N-ethyl adjacent to an activating group) is 1. The number of aromatic amines is 1. The van der Waals surface area contributed by atoms with Crippen molar-refractivity contribution in [2.75, 3.05) is 45.7 Å². The standard InChI is InChI=1S/C43H49ClN6O6/c1-45-42(54)36(10-6-9-26-7-4-3-5-8-26)48-41(53)34-25-49(40(52)19-29-21-46-37-20-31(44)14-15-32(29)37)22-30-23-50(24-33(30)34)43(55)28-13-16-35(38(18-28)56-2)47-39(51)17-27-11-12-27/h3-5,7-8,13-16,18,20-21,27,30,33-34,36,46H,6,9-12,17,19,22-25H2,1-2H3,(H,45,54)(H,47,51)(H,48,53)/t30?,33?,34?,36-/m0/s1. The Hall–Kier alpha value is -5.36. The van der Waals surface area contributed by atoms with Crippen molar-refractivity contribution < 1.29 is 28.7 Å². The Balaban J connectivity index is 1.09. The summed E-state index contributed by atoms with van der Waals surface area (Å²) >= 11 is 6.20. The number of fused-ring (bicyclic) bond motifs is 2. The van der Waals surface area contributed by atoms with Gasteiger partial charge in [0.1, 0.15) is 11.8 Å². The minimum Gasteiger partial charge on any atom is -0.495 e. The highest BCUT2D eigenvalue weighted by Gasteiger charge is 2.48. The Labute approximate surface area is 331 Å². The summed E-state index contributed by atoms with van der Waals surface area (Å²) in [6, 6.07) is 19.7. The minimum absolute atomic E-state index is 0.0825. The van der Waals surface area contributed by atoms with Crippen molar-refractivity contribution in [1.82, 2.24) is 25.4 Å². The van der Waals surface area contributed by atoms with Crippen LogP contribution in [0.5, 0.6) is 5.75 Å². The fourth-order valence-electron chi connectivity index (χ4n) is 8.27. The number of nitrogens with zero attached hydrogens (tertiary/aromatic N) is 2. The van der Waals surface area contributed by atoms with Crippen molar-refractivity contribution >= 4 is 57.7 Å². The summed E-state index contributed by atoms with van der Waals surface area (Å²) in [5.74, 6) is -1.28. The number of carbonyl (C=O) groups is 5. The number of ether oxygens (including phenoxy) is 1. The molecular weight excluding hydrogens is 732 g/mol. The van der Waals surface area contributed by atoms with E-state index in [-0.39, 0.29) is 54.3 Å². The van der Waals surface area contributed by atoms with Crippen LogP contribution in [0.4, 0.5) is 5.69 Å². The molecule has 5 amide bonds. The molecule has 7 rings (SSSR count). The second-order valence-corrected chi connectivity index (χ2v) is 15.8. The van der Waals surface area contributed by atoms with E-state index in [1.807, 2.05) is 48.7 Å². The number of rotatable bonds is 14. The van der Waals surface area contributed by atoms with Gasteiger partial charge in [-0.25, -0.2) is 0 Å². The maximum absolute atomic E-state index is 14.3. The van der Waals surface area contributed by atoms with Crippen LogP contribution in [0, 0.1) is 23.7 Å². The molecule has 294 valence electrons. The van der Waals surface area contributed by atoms with E-state index in [2.05, 4.69) is 20.9 Å². The van der Waals surface area contributed by atoms with E-state index in [1.54, 1.807) is 41.1 Å². The lowest BCUT2D eigenvalue weighted by Gasteiger charge is -2.40. The average molecular weight is 781 g/mol. The molecule has 3 heterocycles. The Morgan fingerprint density at radius 3 is 2.48 bits per heavy atom.